The smallest absolute Gasteiger partial charge is 0.291 e. The molecule has 3 aliphatic heterocycles. The number of benzene rings is 1. The molecule has 29 heavy (non-hydrogen) atoms. The molecule has 0 aromatic heterocycles. The van der Waals surface area contributed by atoms with Gasteiger partial charge in [0.1, 0.15) is 23.7 Å². The number of likely N-dealkylation sites (tertiary alicyclic amines) is 1. The molecular formula is C20H22FN3O5. The van der Waals surface area contributed by atoms with Crippen LogP contribution in [0.2, 0.25) is 0 Å². The molecule has 3 N–H and O–H groups in total. The number of imide groups is 1. The van der Waals surface area contributed by atoms with Gasteiger partial charge in [-0.2, -0.15) is 0 Å². The van der Waals surface area contributed by atoms with Crippen LogP contribution in [0.1, 0.15) is 39.2 Å². The van der Waals surface area contributed by atoms with E-state index in [1.165, 1.54) is 18.2 Å². The minimum Gasteiger partial charge on any atom is -0.550 e. The van der Waals surface area contributed by atoms with Gasteiger partial charge in [-0.3, -0.25) is 19.3 Å². The van der Waals surface area contributed by atoms with Crippen LogP contribution in [0.4, 0.5) is 10.1 Å². The summed E-state index contributed by atoms with van der Waals surface area (Å²) in [5, 5.41) is 15.3. The number of carbonyl (C=O) groups is 4. The lowest BCUT2D eigenvalue weighted by Gasteiger charge is -2.33. The first-order chi connectivity index (χ1) is 13.5. The zero-order chi connectivity index (χ0) is 21.3. The first-order valence-corrected chi connectivity index (χ1v) is 9.53. The number of carboxylic acids is 1. The van der Waals surface area contributed by atoms with E-state index >= 15 is 0 Å². The summed E-state index contributed by atoms with van der Waals surface area (Å²) in [6.45, 7) is 5.16. The highest BCUT2D eigenvalue weighted by molar-refractivity contribution is 6.14. The van der Waals surface area contributed by atoms with E-state index in [-0.39, 0.29) is 12.8 Å². The maximum atomic E-state index is 14.1. The molecule has 4 rings (SSSR count). The van der Waals surface area contributed by atoms with Gasteiger partial charge in [0.2, 0.25) is 17.4 Å². The van der Waals surface area contributed by atoms with Crippen LogP contribution in [-0.4, -0.2) is 40.2 Å². The van der Waals surface area contributed by atoms with Crippen molar-refractivity contribution in [3.63, 3.8) is 0 Å². The number of carbonyl (C=O) groups excluding carboxylic acids is 4. The van der Waals surface area contributed by atoms with Crippen molar-refractivity contribution < 1.29 is 34.0 Å². The number of anilines is 1. The van der Waals surface area contributed by atoms with Gasteiger partial charge in [-0.25, -0.2) is 4.39 Å². The molecule has 4 atom stereocenters. The molecule has 3 amide bonds. The van der Waals surface area contributed by atoms with E-state index in [4.69, 9.17) is 0 Å². The van der Waals surface area contributed by atoms with Crippen LogP contribution in [0.15, 0.2) is 18.2 Å². The van der Waals surface area contributed by atoms with E-state index in [1.54, 1.807) is 26.1 Å². The maximum absolute atomic E-state index is 14.1. The summed E-state index contributed by atoms with van der Waals surface area (Å²) in [5.74, 6) is -5.17. The van der Waals surface area contributed by atoms with Crippen molar-refractivity contribution in [1.82, 2.24) is 4.90 Å². The third-order valence-corrected chi connectivity index (χ3v) is 6.18. The van der Waals surface area contributed by atoms with Gasteiger partial charge in [0.15, 0.2) is 0 Å². The predicted octanol–water partition coefficient (Wildman–Crippen LogP) is -1.15. The van der Waals surface area contributed by atoms with Crippen molar-refractivity contribution in [3.8, 4) is 0 Å². The topological polar surface area (TPSA) is 123 Å². The Bertz CT molecular complexity index is 956. The predicted molar refractivity (Wildman–Crippen MR) is 95.2 cm³/mol. The first kappa shape index (κ1) is 19.5. The van der Waals surface area contributed by atoms with Gasteiger partial charge >= 0.3 is 0 Å². The molecule has 3 heterocycles. The monoisotopic (exact) mass is 403 g/mol. The summed E-state index contributed by atoms with van der Waals surface area (Å²) in [7, 11) is 0. The number of carboxylic acid groups (broad SMARTS) is 1. The summed E-state index contributed by atoms with van der Waals surface area (Å²) >= 11 is 0. The maximum Gasteiger partial charge on any atom is 0.291 e. The fraction of sp³-hybridized carbons (Fsp3) is 0.500. The van der Waals surface area contributed by atoms with Gasteiger partial charge in [-0.15, -0.1) is 0 Å². The minimum absolute atomic E-state index is 0.0557. The Morgan fingerprint density at radius 3 is 2.59 bits per heavy atom. The van der Waals surface area contributed by atoms with Gasteiger partial charge in [-0.05, 0) is 45.4 Å². The van der Waals surface area contributed by atoms with Gasteiger partial charge in [0, 0.05) is 23.5 Å². The standard InChI is InChI=1S/C20H22FN3O5/c1-19(2,3)24-16(27)14-12(6-7-13(25)26)23-20(15(14)17(24)28)10-8-9(21)4-5-11(10)22-18(20)29/h4-5,8,12,14-15,23H,6-7H2,1-3H3,(H,22,29)(H,25,26)/t12-,14-,15+,20-/m1/s1. The number of fused-ring (bicyclic) bond motifs is 4. The number of rotatable bonds is 3. The summed E-state index contributed by atoms with van der Waals surface area (Å²) in [6, 6.07) is 3.22. The van der Waals surface area contributed by atoms with Crippen LogP contribution in [0.3, 0.4) is 0 Å². The SMILES string of the molecule is CC(C)(C)N1C(=O)[C@H]2[C@@H](C1=O)[C@@]1([NH2+][C@@H]2CCC(=O)[O-])C(=O)Nc2ccc(F)cc21. The van der Waals surface area contributed by atoms with E-state index in [0.29, 0.717) is 11.3 Å². The molecular weight excluding hydrogens is 381 g/mol. The Morgan fingerprint density at radius 1 is 1.28 bits per heavy atom. The lowest BCUT2D eigenvalue weighted by atomic mass is 9.76. The Hall–Kier alpha value is -2.81. The highest BCUT2D eigenvalue weighted by Gasteiger charge is 2.74. The van der Waals surface area contributed by atoms with Crippen molar-refractivity contribution >= 4 is 29.4 Å². The van der Waals surface area contributed by atoms with Crippen LogP contribution in [0.5, 0.6) is 0 Å². The van der Waals surface area contributed by atoms with Crippen molar-refractivity contribution in [2.45, 2.75) is 50.7 Å². The second-order valence-electron chi connectivity index (χ2n) is 8.94. The second kappa shape index (κ2) is 6.09. The van der Waals surface area contributed by atoms with E-state index < -0.39 is 58.5 Å². The molecule has 1 aromatic rings. The molecule has 0 aliphatic carbocycles. The first-order valence-electron chi connectivity index (χ1n) is 9.53. The minimum atomic E-state index is -1.51. The summed E-state index contributed by atoms with van der Waals surface area (Å²) in [5.41, 5.74) is -1.61. The zero-order valence-electron chi connectivity index (χ0n) is 16.3. The van der Waals surface area contributed by atoms with Crippen LogP contribution in [0.25, 0.3) is 0 Å². The fourth-order valence-electron chi connectivity index (χ4n) is 5.14. The summed E-state index contributed by atoms with van der Waals surface area (Å²) in [4.78, 5) is 52.0. The molecule has 154 valence electrons. The molecule has 0 saturated carbocycles. The number of hydrogen-bond donors (Lipinski definition) is 2. The van der Waals surface area contributed by atoms with Crippen LogP contribution in [0, 0.1) is 17.7 Å². The Balaban J connectivity index is 1.88. The van der Waals surface area contributed by atoms with Crippen LogP contribution < -0.4 is 15.7 Å². The van der Waals surface area contributed by atoms with Gasteiger partial charge in [-0.1, -0.05) is 0 Å². The third-order valence-electron chi connectivity index (χ3n) is 6.18. The molecule has 0 radical (unpaired) electrons. The number of amides is 3. The third kappa shape index (κ3) is 2.60. The normalized spacial score (nSPS) is 30.7. The Labute approximate surface area is 166 Å². The molecule has 0 bridgehead atoms. The Kier molecular flexibility index (Phi) is 4.10. The average Bonchev–Trinajstić information content (AvgIpc) is 3.18. The second-order valence-corrected chi connectivity index (χ2v) is 8.94. The molecule has 2 fully saturated rings. The van der Waals surface area contributed by atoms with Crippen molar-refractivity contribution in [3.05, 3.63) is 29.6 Å². The summed E-state index contributed by atoms with van der Waals surface area (Å²) in [6.07, 6.45) is -0.255. The molecule has 9 heteroatoms. The number of quaternary nitrogens is 1. The lowest BCUT2D eigenvalue weighted by Crippen LogP contribution is -2.99. The zero-order valence-corrected chi connectivity index (χ0v) is 16.3. The highest BCUT2D eigenvalue weighted by Crippen LogP contribution is 2.50. The fourth-order valence-corrected chi connectivity index (χ4v) is 5.14. The van der Waals surface area contributed by atoms with E-state index in [0.717, 1.165) is 4.90 Å². The van der Waals surface area contributed by atoms with E-state index in [1.807, 2.05) is 0 Å². The van der Waals surface area contributed by atoms with Gasteiger partial charge < -0.3 is 20.5 Å². The van der Waals surface area contributed by atoms with Crippen molar-refractivity contribution in [2.24, 2.45) is 11.8 Å². The van der Waals surface area contributed by atoms with Gasteiger partial charge in [0.05, 0.1) is 5.69 Å². The molecule has 8 nitrogen and oxygen atoms in total. The average molecular weight is 403 g/mol. The van der Waals surface area contributed by atoms with Crippen LogP contribution in [-0.2, 0) is 24.7 Å². The number of aliphatic carboxylic acids is 1. The quantitative estimate of drug-likeness (QED) is 0.617. The number of nitrogens with two attached hydrogens (primary N) is 1. The number of halogens is 1. The lowest BCUT2D eigenvalue weighted by molar-refractivity contribution is -0.734. The number of nitrogens with zero attached hydrogens (tertiary/aromatic N) is 1. The number of nitrogens with one attached hydrogen (secondary N) is 1. The summed E-state index contributed by atoms with van der Waals surface area (Å²) < 4.78 is 14.1. The van der Waals surface area contributed by atoms with Crippen molar-refractivity contribution in [1.29, 1.82) is 0 Å². The van der Waals surface area contributed by atoms with E-state index in [9.17, 15) is 28.7 Å². The molecule has 0 unspecified atom stereocenters. The van der Waals surface area contributed by atoms with E-state index in [2.05, 4.69) is 5.32 Å². The molecule has 1 spiro atoms. The molecule has 3 aliphatic rings. The molecule has 1 aromatic carbocycles. The van der Waals surface area contributed by atoms with Gasteiger partial charge in [0.25, 0.3) is 5.91 Å². The molecule has 2 saturated heterocycles. The number of hydrogen-bond acceptors (Lipinski definition) is 5. The van der Waals surface area contributed by atoms with Crippen molar-refractivity contribution in [2.75, 3.05) is 5.32 Å². The largest absolute Gasteiger partial charge is 0.550 e. The highest BCUT2D eigenvalue weighted by atomic mass is 19.1. The van der Waals surface area contributed by atoms with Crippen LogP contribution >= 0.6 is 0 Å². The Morgan fingerprint density at radius 2 is 1.97 bits per heavy atom.